The Kier molecular flexibility index (Phi) is 7.46. The topological polar surface area (TPSA) is 0 Å². The van der Waals surface area contributed by atoms with E-state index in [1.165, 1.54) is 5.56 Å². The van der Waals surface area contributed by atoms with Crippen LogP contribution in [0, 0.1) is 0 Å². The van der Waals surface area contributed by atoms with E-state index in [1.54, 1.807) is 0 Å². The summed E-state index contributed by atoms with van der Waals surface area (Å²) in [7, 11) is 23.9. The zero-order chi connectivity index (χ0) is 11.3. The monoisotopic (exact) mass is 312 g/mol. The van der Waals surface area contributed by atoms with Gasteiger partial charge in [0.2, 0.25) is 0 Å². The van der Waals surface area contributed by atoms with Crippen LogP contribution in [0.15, 0.2) is 30.3 Å². The lowest BCUT2D eigenvalue weighted by Gasteiger charge is -2.12. The van der Waals surface area contributed by atoms with Gasteiger partial charge >= 0.3 is 24.6 Å². The first-order chi connectivity index (χ1) is 7.11. The maximum absolute atomic E-state index is 5.98. The standard InChI is InChI=1S/C9H10.2Al.4ClH/c1-2-6-9-7-4-3-5-8-9;;;;;;/h1,3-5,7-8H,2,6H2;;;4*1H/q;2*+2;;;;/p-4. The van der Waals surface area contributed by atoms with Crippen molar-refractivity contribution in [3.63, 3.8) is 0 Å². The highest BCUT2D eigenvalue weighted by Gasteiger charge is 2.36. The van der Waals surface area contributed by atoms with Gasteiger partial charge in [-0.15, -0.1) is 0 Å². The second-order valence-electron chi connectivity index (χ2n) is 3.36. The molecule has 0 aliphatic rings. The van der Waals surface area contributed by atoms with E-state index in [0.717, 1.165) is 12.8 Å². The zero-order valence-corrected chi connectivity index (χ0v) is 13.4. The smallest absolute Gasteiger partial charge is 0.235 e. The van der Waals surface area contributed by atoms with Gasteiger partial charge in [-0.25, -0.2) is 40.2 Å². The van der Waals surface area contributed by atoms with Gasteiger partial charge in [-0.05, 0) is 12.0 Å². The van der Waals surface area contributed by atoms with Crippen molar-refractivity contribution in [3.05, 3.63) is 35.9 Å². The largest absolute Gasteiger partial charge is 0.511 e. The molecule has 0 saturated carbocycles. The van der Waals surface area contributed by atoms with Crippen molar-refractivity contribution >= 4 is 64.8 Å². The molecule has 6 heteroatoms. The number of hydrogen-bond donors (Lipinski definition) is 0. The molecule has 0 amide bonds. The van der Waals surface area contributed by atoms with Gasteiger partial charge in [0.05, 0.1) is 0 Å². The summed E-state index contributed by atoms with van der Waals surface area (Å²) in [6.45, 7) is 0. The van der Waals surface area contributed by atoms with Crippen LogP contribution in [0.1, 0.15) is 12.0 Å². The Morgan fingerprint density at radius 1 is 0.933 bits per heavy atom. The van der Waals surface area contributed by atoms with E-state index in [0.29, 0.717) is 0 Å². The Balaban J connectivity index is 2.47. The molecule has 0 N–H and O–H groups in total. The Hall–Kier alpha value is 1.44. The third-order valence-electron chi connectivity index (χ3n) is 2.26. The fraction of sp³-hybridized carbons (Fsp3) is 0.333. The van der Waals surface area contributed by atoms with Gasteiger partial charge in [0, 0.05) is 0 Å². The molecule has 0 unspecified atom stereocenters. The number of benzene rings is 1. The normalized spacial score (nSPS) is 10.5. The van der Waals surface area contributed by atoms with Crippen LogP contribution in [0.4, 0.5) is 0 Å². The average Bonchev–Trinajstić information content (AvgIpc) is 2.18. The van der Waals surface area contributed by atoms with Gasteiger partial charge in [-0.3, -0.25) is 0 Å². The van der Waals surface area contributed by atoms with E-state index < -0.39 is 24.6 Å². The van der Waals surface area contributed by atoms with Crippen LogP contribution in [-0.4, -0.2) is 24.6 Å². The minimum atomic E-state index is -1.74. The Morgan fingerprint density at radius 3 is 1.93 bits per heavy atom. The van der Waals surface area contributed by atoms with E-state index in [9.17, 15) is 0 Å². The second-order valence-corrected chi connectivity index (χ2v) is 14.2. The maximum atomic E-state index is 5.98. The molecular weight excluding hydrogens is 304 g/mol. The molecule has 0 radical (unpaired) electrons. The quantitative estimate of drug-likeness (QED) is 0.704. The third kappa shape index (κ3) is 5.54. The molecule has 1 aromatic carbocycles. The summed E-state index contributed by atoms with van der Waals surface area (Å²) in [6, 6.07) is 10.2. The Labute approximate surface area is 116 Å². The number of halogens is 4. The fourth-order valence-electron chi connectivity index (χ4n) is 1.34. The summed E-state index contributed by atoms with van der Waals surface area (Å²) in [5, 5.41) is 0. The van der Waals surface area contributed by atoms with Crippen LogP contribution >= 0.6 is 40.2 Å². The van der Waals surface area contributed by atoms with Crippen molar-refractivity contribution in [3.8, 4) is 0 Å². The molecule has 0 spiro atoms. The van der Waals surface area contributed by atoms with Gasteiger partial charge in [-0.2, -0.15) is 0 Å². The van der Waals surface area contributed by atoms with E-state index in [1.807, 2.05) is 18.2 Å². The highest BCUT2D eigenvalue weighted by Crippen LogP contribution is 2.29. The van der Waals surface area contributed by atoms with Crippen molar-refractivity contribution in [2.24, 2.45) is 0 Å². The summed E-state index contributed by atoms with van der Waals surface area (Å²) in [5.74, 6) is 0. The highest BCUT2D eigenvalue weighted by atomic mass is 35.7. The van der Waals surface area contributed by atoms with Gasteiger partial charge in [-0.1, -0.05) is 40.4 Å². The Bertz CT molecular complexity index is 271. The van der Waals surface area contributed by atoms with Crippen molar-refractivity contribution in [2.75, 3.05) is 0 Å². The van der Waals surface area contributed by atoms with Crippen LogP contribution < -0.4 is 0 Å². The zero-order valence-electron chi connectivity index (χ0n) is 8.04. The van der Waals surface area contributed by atoms with Crippen molar-refractivity contribution in [1.82, 2.24) is 0 Å². The number of rotatable bonds is 5. The lowest BCUT2D eigenvalue weighted by Crippen LogP contribution is -2.18. The number of hydrogen-bond acceptors (Lipinski definition) is 0. The SMILES string of the molecule is [Cl][Al]([Cl])[CH](CCc1ccccc1)[Al]([Cl])[Cl]. The molecule has 80 valence electrons. The third-order valence-corrected chi connectivity index (χ3v) is 13.3. The first-order valence-corrected chi connectivity index (χ1v) is 13.0. The molecular formula is C9H10Al2Cl4. The maximum Gasteiger partial charge on any atom is 0.511 e. The van der Waals surface area contributed by atoms with E-state index in [2.05, 4.69) is 12.1 Å². The van der Waals surface area contributed by atoms with E-state index in [-0.39, 0.29) is 3.64 Å². The van der Waals surface area contributed by atoms with Crippen LogP contribution in [0.25, 0.3) is 0 Å². The molecule has 1 aromatic rings. The van der Waals surface area contributed by atoms with Gasteiger partial charge < -0.3 is 0 Å². The molecule has 0 heterocycles. The molecule has 0 bridgehead atoms. The predicted molar refractivity (Wildman–Crippen MR) is 73.4 cm³/mol. The van der Waals surface area contributed by atoms with Gasteiger partial charge in [0.15, 0.2) is 0 Å². The first kappa shape index (κ1) is 14.5. The lowest BCUT2D eigenvalue weighted by atomic mass is 10.1. The molecule has 0 fully saturated rings. The molecule has 0 nitrogen and oxygen atoms in total. The molecule has 0 atom stereocenters. The second kappa shape index (κ2) is 7.71. The first-order valence-electron chi connectivity index (χ1n) is 4.71. The highest BCUT2D eigenvalue weighted by molar-refractivity contribution is 7.45. The molecule has 0 aliphatic carbocycles. The molecule has 0 aliphatic heterocycles. The average molecular weight is 314 g/mol. The summed E-state index contributed by atoms with van der Waals surface area (Å²) < 4.78 is 0.192. The summed E-state index contributed by atoms with van der Waals surface area (Å²) in [5.41, 5.74) is 1.29. The minimum Gasteiger partial charge on any atom is -0.235 e. The van der Waals surface area contributed by atoms with Gasteiger partial charge in [0.25, 0.3) is 0 Å². The molecule has 0 aromatic heterocycles. The number of aryl methyl sites for hydroxylation is 1. The van der Waals surface area contributed by atoms with Crippen molar-refractivity contribution < 1.29 is 0 Å². The van der Waals surface area contributed by atoms with Crippen LogP contribution in [0.5, 0.6) is 0 Å². The molecule has 15 heavy (non-hydrogen) atoms. The van der Waals surface area contributed by atoms with Crippen molar-refractivity contribution in [2.45, 2.75) is 16.5 Å². The Morgan fingerprint density at radius 2 is 1.47 bits per heavy atom. The summed E-state index contributed by atoms with van der Waals surface area (Å²) in [4.78, 5) is 0. The lowest BCUT2D eigenvalue weighted by molar-refractivity contribution is 0.877. The fourth-order valence-corrected chi connectivity index (χ4v) is 12.5. The minimum absolute atomic E-state index is 0.192. The van der Waals surface area contributed by atoms with E-state index in [4.69, 9.17) is 40.2 Å². The van der Waals surface area contributed by atoms with E-state index >= 15 is 0 Å². The predicted octanol–water partition coefficient (Wildman–Crippen LogP) is 4.46. The van der Waals surface area contributed by atoms with Crippen LogP contribution in [0.2, 0.25) is 3.64 Å². The molecule has 0 saturated heterocycles. The summed E-state index contributed by atoms with van der Waals surface area (Å²) in [6.07, 6.45) is 1.87. The van der Waals surface area contributed by atoms with Crippen molar-refractivity contribution in [1.29, 1.82) is 0 Å². The van der Waals surface area contributed by atoms with Crippen LogP contribution in [0.3, 0.4) is 0 Å². The van der Waals surface area contributed by atoms with Crippen LogP contribution in [-0.2, 0) is 6.42 Å². The summed E-state index contributed by atoms with van der Waals surface area (Å²) >= 11 is -3.48. The van der Waals surface area contributed by atoms with Gasteiger partial charge in [0.1, 0.15) is 0 Å². The molecule has 1 rings (SSSR count).